The van der Waals surface area contributed by atoms with Crippen LogP contribution in [0.1, 0.15) is 17.4 Å². The number of benzene rings is 2. The number of aromatic nitrogens is 3. The van der Waals surface area contributed by atoms with Crippen LogP contribution in [-0.2, 0) is 4.74 Å². The zero-order valence-electron chi connectivity index (χ0n) is 13.1. The third kappa shape index (κ3) is 2.22. The molecular weight excluding hydrogens is 302 g/mol. The van der Waals surface area contributed by atoms with Crippen molar-refractivity contribution in [2.24, 2.45) is 0 Å². The lowest BCUT2D eigenvalue weighted by molar-refractivity contribution is 0.0520. The smallest absolute Gasteiger partial charge is 0.359 e. The van der Waals surface area contributed by atoms with Crippen LogP contribution in [0.2, 0.25) is 0 Å². The first-order chi connectivity index (χ1) is 11.8. The van der Waals surface area contributed by atoms with Crippen molar-refractivity contribution in [1.82, 2.24) is 14.6 Å². The van der Waals surface area contributed by atoms with Crippen molar-refractivity contribution in [3.8, 4) is 11.1 Å². The molecule has 0 unspecified atom stereocenters. The lowest BCUT2D eigenvalue weighted by atomic mass is 10.0. The summed E-state index contributed by atoms with van der Waals surface area (Å²) >= 11 is 0. The van der Waals surface area contributed by atoms with Gasteiger partial charge in [-0.1, -0.05) is 48.5 Å². The summed E-state index contributed by atoms with van der Waals surface area (Å²) in [6.45, 7) is 2.09. The largest absolute Gasteiger partial charge is 0.461 e. The minimum absolute atomic E-state index is 0.305. The van der Waals surface area contributed by atoms with Gasteiger partial charge in [-0.2, -0.15) is 5.10 Å². The van der Waals surface area contributed by atoms with E-state index in [1.807, 2.05) is 54.6 Å². The SMILES string of the molecule is CCOC(=O)c1nn2cnc3ccccc3c2c1-c1ccccc1. The fourth-order valence-electron chi connectivity index (χ4n) is 2.90. The Kier molecular flexibility index (Phi) is 3.46. The first-order valence-electron chi connectivity index (χ1n) is 7.78. The average Bonchev–Trinajstić information content (AvgIpc) is 3.03. The van der Waals surface area contributed by atoms with Crippen molar-refractivity contribution in [3.63, 3.8) is 0 Å². The first kappa shape index (κ1) is 14.4. The third-order valence-corrected chi connectivity index (χ3v) is 3.91. The molecule has 0 saturated heterocycles. The van der Waals surface area contributed by atoms with E-state index in [4.69, 9.17) is 4.74 Å². The highest BCUT2D eigenvalue weighted by atomic mass is 16.5. The van der Waals surface area contributed by atoms with Crippen LogP contribution in [0.4, 0.5) is 0 Å². The van der Waals surface area contributed by atoms with Gasteiger partial charge >= 0.3 is 5.97 Å². The van der Waals surface area contributed by atoms with E-state index in [0.29, 0.717) is 12.3 Å². The number of ether oxygens (including phenoxy) is 1. The zero-order chi connectivity index (χ0) is 16.5. The van der Waals surface area contributed by atoms with E-state index in [1.54, 1.807) is 17.8 Å². The van der Waals surface area contributed by atoms with Gasteiger partial charge in [-0.3, -0.25) is 0 Å². The maximum Gasteiger partial charge on any atom is 0.359 e. The number of fused-ring (bicyclic) bond motifs is 3. The van der Waals surface area contributed by atoms with Crippen molar-refractivity contribution in [1.29, 1.82) is 0 Å². The first-order valence-corrected chi connectivity index (χ1v) is 7.78. The van der Waals surface area contributed by atoms with Crippen molar-refractivity contribution < 1.29 is 9.53 Å². The Morgan fingerprint density at radius 2 is 1.83 bits per heavy atom. The zero-order valence-corrected chi connectivity index (χ0v) is 13.1. The fraction of sp³-hybridized carbons (Fsp3) is 0.105. The van der Waals surface area contributed by atoms with E-state index in [-0.39, 0.29) is 0 Å². The minimum atomic E-state index is -0.427. The molecule has 2 aromatic heterocycles. The van der Waals surface area contributed by atoms with Gasteiger partial charge in [0.1, 0.15) is 6.33 Å². The monoisotopic (exact) mass is 317 g/mol. The molecule has 0 radical (unpaired) electrons. The topological polar surface area (TPSA) is 56.5 Å². The normalized spacial score (nSPS) is 11.0. The predicted octanol–water partition coefficient (Wildman–Crippen LogP) is 3.73. The lowest BCUT2D eigenvalue weighted by Gasteiger charge is -2.05. The minimum Gasteiger partial charge on any atom is -0.461 e. The molecule has 5 heteroatoms. The Morgan fingerprint density at radius 1 is 1.08 bits per heavy atom. The molecule has 118 valence electrons. The number of hydrogen-bond donors (Lipinski definition) is 0. The van der Waals surface area contributed by atoms with Crippen LogP contribution >= 0.6 is 0 Å². The molecular formula is C19H15N3O2. The fourth-order valence-corrected chi connectivity index (χ4v) is 2.90. The molecule has 24 heavy (non-hydrogen) atoms. The van der Waals surface area contributed by atoms with E-state index in [1.165, 1.54) is 0 Å². The highest BCUT2D eigenvalue weighted by molar-refractivity contribution is 6.08. The predicted molar refractivity (Wildman–Crippen MR) is 91.9 cm³/mol. The molecule has 0 amide bonds. The van der Waals surface area contributed by atoms with Gasteiger partial charge in [0.25, 0.3) is 0 Å². The van der Waals surface area contributed by atoms with Crippen molar-refractivity contribution in [2.45, 2.75) is 6.92 Å². The van der Waals surface area contributed by atoms with E-state index >= 15 is 0 Å². The van der Waals surface area contributed by atoms with Gasteiger partial charge in [0.2, 0.25) is 0 Å². The van der Waals surface area contributed by atoms with Gasteiger partial charge in [0.05, 0.1) is 17.6 Å². The van der Waals surface area contributed by atoms with Crippen LogP contribution in [0.25, 0.3) is 27.5 Å². The van der Waals surface area contributed by atoms with Gasteiger partial charge < -0.3 is 4.74 Å². The molecule has 0 fully saturated rings. The Bertz CT molecular complexity index is 1040. The summed E-state index contributed by atoms with van der Waals surface area (Å²) in [4.78, 5) is 16.8. The Hall–Kier alpha value is -3.21. The van der Waals surface area contributed by atoms with Crippen LogP contribution in [-0.4, -0.2) is 27.2 Å². The Labute approximate surface area is 138 Å². The second-order valence-corrected chi connectivity index (χ2v) is 5.36. The summed E-state index contributed by atoms with van der Waals surface area (Å²) in [5.74, 6) is -0.427. The molecule has 0 aliphatic carbocycles. The van der Waals surface area contributed by atoms with Gasteiger partial charge in [-0.25, -0.2) is 14.3 Å². The standard InChI is InChI=1S/C19H15N3O2/c1-2-24-19(23)17-16(13-8-4-3-5-9-13)18-14-10-6-7-11-15(14)20-12-22(18)21-17/h3-12H,2H2,1H3. The van der Waals surface area contributed by atoms with Crippen LogP contribution in [0, 0.1) is 0 Å². The number of nitrogens with zero attached hydrogens (tertiary/aromatic N) is 3. The summed E-state index contributed by atoms with van der Waals surface area (Å²) in [7, 11) is 0. The number of esters is 1. The van der Waals surface area contributed by atoms with Crippen molar-refractivity contribution >= 4 is 22.4 Å². The van der Waals surface area contributed by atoms with E-state index in [2.05, 4.69) is 10.1 Å². The molecule has 2 heterocycles. The molecule has 2 aromatic carbocycles. The molecule has 0 spiro atoms. The molecule has 0 bridgehead atoms. The van der Waals surface area contributed by atoms with Gasteiger partial charge in [0.15, 0.2) is 5.69 Å². The molecule has 4 rings (SSSR count). The highest BCUT2D eigenvalue weighted by Crippen LogP contribution is 2.32. The maximum atomic E-state index is 12.4. The summed E-state index contributed by atoms with van der Waals surface area (Å²) in [6.07, 6.45) is 1.63. The summed E-state index contributed by atoms with van der Waals surface area (Å²) in [5.41, 5.74) is 3.72. The molecule has 0 atom stereocenters. The van der Waals surface area contributed by atoms with Crippen molar-refractivity contribution in [3.05, 3.63) is 66.6 Å². The van der Waals surface area contributed by atoms with Gasteiger partial charge in [-0.05, 0) is 18.6 Å². The highest BCUT2D eigenvalue weighted by Gasteiger charge is 2.23. The van der Waals surface area contributed by atoms with Crippen LogP contribution in [0.5, 0.6) is 0 Å². The van der Waals surface area contributed by atoms with E-state index < -0.39 is 5.97 Å². The molecule has 4 aromatic rings. The van der Waals surface area contributed by atoms with Gasteiger partial charge in [-0.15, -0.1) is 0 Å². The second-order valence-electron chi connectivity index (χ2n) is 5.36. The lowest BCUT2D eigenvalue weighted by Crippen LogP contribution is -2.07. The van der Waals surface area contributed by atoms with E-state index in [0.717, 1.165) is 27.5 Å². The third-order valence-electron chi connectivity index (χ3n) is 3.91. The number of para-hydroxylation sites is 1. The number of rotatable bonds is 3. The molecule has 0 saturated carbocycles. The van der Waals surface area contributed by atoms with Gasteiger partial charge in [0, 0.05) is 10.9 Å². The number of carbonyl (C=O) groups is 1. The molecule has 0 aliphatic heterocycles. The van der Waals surface area contributed by atoms with Crippen molar-refractivity contribution in [2.75, 3.05) is 6.61 Å². The number of carbonyl (C=O) groups excluding carboxylic acids is 1. The Morgan fingerprint density at radius 3 is 2.62 bits per heavy atom. The quantitative estimate of drug-likeness (QED) is 0.540. The Balaban J connectivity index is 2.12. The maximum absolute atomic E-state index is 12.4. The van der Waals surface area contributed by atoms with Crippen LogP contribution in [0.3, 0.4) is 0 Å². The second kappa shape index (κ2) is 5.77. The summed E-state index contributed by atoms with van der Waals surface area (Å²) in [6, 6.07) is 17.6. The summed E-state index contributed by atoms with van der Waals surface area (Å²) in [5, 5.41) is 5.38. The molecule has 5 nitrogen and oxygen atoms in total. The summed E-state index contributed by atoms with van der Waals surface area (Å²) < 4.78 is 6.85. The number of hydrogen-bond acceptors (Lipinski definition) is 4. The average molecular weight is 317 g/mol. The van der Waals surface area contributed by atoms with E-state index in [9.17, 15) is 4.79 Å². The van der Waals surface area contributed by atoms with Crippen LogP contribution < -0.4 is 0 Å². The molecule has 0 N–H and O–H groups in total. The molecule has 0 aliphatic rings. The van der Waals surface area contributed by atoms with Crippen LogP contribution in [0.15, 0.2) is 60.9 Å².